The largest absolute Gasteiger partial charge is 0.486 e. The Morgan fingerprint density at radius 3 is 2.31 bits per heavy atom. The summed E-state index contributed by atoms with van der Waals surface area (Å²) in [4.78, 5) is 28.3. The molecule has 2 amide bonds. The summed E-state index contributed by atoms with van der Waals surface area (Å²) in [5.74, 6) is 0.561. The van der Waals surface area contributed by atoms with Crippen LogP contribution in [0.25, 0.3) is 0 Å². The molecule has 0 radical (unpaired) electrons. The van der Waals surface area contributed by atoms with Crippen LogP contribution >= 0.6 is 0 Å². The first-order valence-electron chi connectivity index (χ1n) is 8.16. The predicted octanol–water partition coefficient (Wildman–Crippen LogP) is 1.71. The fourth-order valence-corrected chi connectivity index (χ4v) is 2.27. The number of ether oxygens (including phenoxy) is 3. The molecule has 2 aromatic rings. The van der Waals surface area contributed by atoms with E-state index in [9.17, 15) is 9.59 Å². The molecule has 0 saturated heterocycles. The first-order chi connectivity index (χ1) is 12.5. The number of hydrogen-bond acceptors (Lipinski definition) is 6. The number of rotatable bonds is 4. The summed E-state index contributed by atoms with van der Waals surface area (Å²) in [5, 5.41) is 0. The molecule has 1 aliphatic rings. The number of nitrogens with zero attached hydrogens (tertiary/aromatic N) is 1. The van der Waals surface area contributed by atoms with Crippen molar-refractivity contribution in [1.82, 2.24) is 15.8 Å². The van der Waals surface area contributed by atoms with E-state index < -0.39 is 11.8 Å². The number of hydrazine groups is 1. The molecule has 0 atom stereocenters. The minimum Gasteiger partial charge on any atom is -0.486 e. The first-order valence-corrected chi connectivity index (χ1v) is 8.16. The number of nitrogens with one attached hydrogen (secondary N) is 2. The van der Waals surface area contributed by atoms with Gasteiger partial charge in [0.2, 0.25) is 5.88 Å². The lowest BCUT2D eigenvalue weighted by Crippen LogP contribution is -2.41. The van der Waals surface area contributed by atoms with E-state index in [0.717, 1.165) is 0 Å². The highest BCUT2D eigenvalue weighted by Crippen LogP contribution is 2.30. The van der Waals surface area contributed by atoms with Gasteiger partial charge in [-0.05, 0) is 38.1 Å². The van der Waals surface area contributed by atoms with E-state index in [4.69, 9.17) is 14.2 Å². The van der Waals surface area contributed by atoms with Gasteiger partial charge in [0.15, 0.2) is 11.5 Å². The van der Waals surface area contributed by atoms with Gasteiger partial charge in [0.25, 0.3) is 11.8 Å². The van der Waals surface area contributed by atoms with E-state index in [0.29, 0.717) is 41.7 Å². The smallest absolute Gasteiger partial charge is 0.271 e. The Morgan fingerprint density at radius 2 is 1.65 bits per heavy atom. The zero-order valence-electron chi connectivity index (χ0n) is 14.4. The average Bonchev–Trinajstić information content (AvgIpc) is 2.65. The molecule has 0 spiro atoms. The van der Waals surface area contributed by atoms with Crippen molar-refractivity contribution >= 4 is 11.8 Å². The number of fused-ring (bicyclic) bond motifs is 1. The van der Waals surface area contributed by atoms with Crippen molar-refractivity contribution in [2.45, 2.75) is 20.0 Å². The quantitative estimate of drug-likeness (QED) is 0.809. The summed E-state index contributed by atoms with van der Waals surface area (Å²) in [6, 6.07) is 7.97. The van der Waals surface area contributed by atoms with Crippen LogP contribution in [0, 0.1) is 0 Å². The van der Waals surface area contributed by atoms with Crippen LogP contribution in [0.15, 0.2) is 36.5 Å². The molecule has 1 aromatic carbocycles. The minimum atomic E-state index is -0.487. The predicted molar refractivity (Wildman–Crippen MR) is 92.4 cm³/mol. The van der Waals surface area contributed by atoms with Crippen LogP contribution < -0.4 is 25.1 Å². The molecule has 0 aliphatic carbocycles. The Balaban J connectivity index is 1.58. The summed E-state index contributed by atoms with van der Waals surface area (Å²) in [6.45, 7) is 4.67. The number of benzene rings is 1. The molecule has 3 rings (SSSR count). The maximum absolute atomic E-state index is 12.2. The van der Waals surface area contributed by atoms with Gasteiger partial charge in [0, 0.05) is 17.8 Å². The maximum Gasteiger partial charge on any atom is 0.271 e. The standard InChI is InChI=1S/C18H19N3O5/c1-11(2)26-16-6-4-13(10-19-16)18(23)21-20-17(22)12-3-5-14-15(9-12)25-8-7-24-14/h3-6,9-11H,7-8H2,1-2H3,(H,20,22)(H,21,23). The van der Waals surface area contributed by atoms with Gasteiger partial charge in [-0.15, -0.1) is 0 Å². The molecule has 136 valence electrons. The SMILES string of the molecule is CC(C)Oc1ccc(C(=O)NNC(=O)c2ccc3c(c2)OCCO3)cn1. The Kier molecular flexibility index (Phi) is 5.21. The van der Waals surface area contributed by atoms with Crippen LogP contribution in [-0.2, 0) is 0 Å². The van der Waals surface area contributed by atoms with Gasteiger partial charge in [-0.25, -0.2) is 4.98 Å². The van der Waals surface area contributed by atoms with E-state index in [1.165, 1.54) is 6.20 Å². The van der Waals surface area contributed by atoms with Gasteiger partial charge in [-0.3, -0.25) is 20.4 Å². The normalized spacial score (nSPS) is 12.4. The van der Waals surface area contributed by atoms with Gasteiger partial charge in [-0.1, -0.05) is 0 Å². The molecule has 8 nitrogen and oxygen atoms in total. The van der Waals surface area contributed by atoms with Crippen molar-refractivity contribution in [3.63, 3.8) is 0 Å². The third kappa shape index (κ3) is 4.21. The summed E-state index contributed by atoms with van der Waals surface area (Å²) in [5.41, 5.74) is 5.34. The Labute approximate surface area is 150 Å². The number of carbonyl (C=O) groups is 2. The van der Waals surface area contributed by atoms with E-state index >= 15 is 0 Å². The summed E-state index contributed by atoms with van der Waals surface area (Å²) < 4.78 is 16.3. The highest BCUT2D eigenvalue weighted by Gasteiger charge is 2.15. The second-order valence-corrected chi connectivity index (χ2v) is 5.82. The van der Waals surface area contributed by atoms with E-state index in [2.05, 4.69) is 15.8 Å². The number of carbonyl (C=O) groups excluding carboxylic acids is 2. The number of hydrogen-bond donors (Lipinski definition) is 2. The third-order valence-electron chi connectivity index (χ3n) is 3.45. The van der Waals surface area contributed by atoms with Gasteiger partial charge in [-0.2, -0.15) is 0 Å². The van der Waals surface area contributed by atoms with Crippen molar-refractivity contribution in [2.24, 2.45) is 0 Å². The monoisotopic (exact) mass is 357 g/mol. The van der Waals surface area contributed by atoms with E-state index in [1.54, 1.807) is 30.3 Å². The summed E-state index contributed by atoms with van der Waals surface area (Å²) in [6.07, 6.45) is 1.37. The molecule has 1 aromatic heterocycles. The molecule has 0 saturated carbocycles. The van der Waals surface area contributed by atoms with Gasteiger partial charge in [0.1, 0.15) is 13.2 Å². The van der Waals surface area contributed by atoms with E-state index in [-0.39, 0.29) is 6.10 Å². The zero-order chi connectivity index (χ0) is 18.5. The Hall–Kier alpha value is -3.29. The molecular formula is C18H19N3O5. The fraction of sp³-hybridized carbons (Fsp3) is 0.278. The van der Waals surface area contributed by atoms with Crippen LogP contribution in [-0.4, -0.2) is 36.1 Å². The lowest BCUT2D eigenvalue weighted by molar-refractivity contribution is 0.0845. The molecule has 2 N–H and O–H groups in total. The fourth-order valence-electron chi connectivity index (χ4n) is 2.27. The van der Waals surface area contributed by atoms with Crippen LogP contribution in [0.1, 0.15) is 34.6 Å². The zero-order valence-corrected chi connectivity index (χ0v) is 14.4. The maximum atomic E-state index is 12.2. The summed E-state index contributed by atoms with van der Waals surface area (Å²) >= 11 is 0. The molecule has 0 fully saturated rings. The molecule has 0 bridgehead atoms. The van der Waals surface area contributed by atoms with Crippen molar-refractivity contribution < 1.29 is 23.8 Å². The number of pyridine rings is 1. The first kappa shape index (κ1) is 17.5. The third-order valence-corrected chi connectivity index (χ3v) is 3.45. The number of aromatic nitrogens is 1. The van der Waals surface area contributed by atoms with Gasteiger partial charge < -0.3 is 14.2 Å². The van der Waals surface area contributed by atoms with Crippen molar-refractivity contribution in [3.05, 3.63) is 47.7 Å². The van der Waals surface area contributed by atoms with Crippen LogP contribution in [0.5, 0.6) is 17.4 Å². The highest BCUT2D eigenvalue weighted by atomic mass is 16.6. The van der Waals surface area contributed by atoms with Crippen LogP contribution in [0.3, 0.4) is 0 Å². The topological polar surface area (TPSA) is 98.8 Å². The molecule has 8 heteroatoms. The lowest BCUT2D eigenvalue weighted by atomic mass is 10.2. The van der Waals surface area contributed by atoms with E-state index in [1.807, 2.05) is 13.8 Å². The number of amides is 2. The average molecular weight is 357 g/mol. The minimum absolute atomic E-state index is 0.00698. The van der Waals surface area contributed by atoms with Crippen molar-refractivity contribution in [3.8, 4) is 17.4 Å². The molecule has 1 aliphatic heterocycles. The Morgan fingerprint density at radius 1 is 1.00 bits per heavy atom. The van der Waals surface area contributed by atoms with Crippen LogP contribution in [0.2, 0.25) is 0 Å². The molecule has 2 heterocycles. The lowest BCUT2D eigenvalue weighted by Gasteiger charge is -2.18. The second-order valence-electron chi connectivity index (χ2n) is 5.82. The summed E-state index contributed by atoms with van der Waals surface area (Å²) in [7, 11) is 0. The Bertz CT molecular complexity index is 805. The van der Waals surface area contributed by atoms with Crippen molar-refractivity contribution in [2.75, 3.05) is 13.2 Å². The van der Waals surface area contributed by atoms with Crippen LogP contribution in [0.4, 0.5) is 0 Å². The highest BCUT2D eigenvalue weighted by molar-refractivity contribution is 5.99. The van der Waals surface area contributed by atoms with Crippen molar-refractivity contribution in [1.29, 1.82) is 0 Å². The van der Waals surface area contributed by atoms with Gasteiger partial charge in [0.05, 0.1) is 11.7 Å². The molecule has 26 heavy (non-hydrogen) atoms. The molecule has 0 unspecified atom stereocenters. The van der Waals surface area contributed by atoms with Gasteiger partial charge >= 0.3 is 0 Å². The molecular weight excluding hydrogens is 338 g/mol. The second kappa shape index (κ2) is 7.73.